The van der Waals surface area contributed by atoms with Crippen molar-refractivity contribution in [3.8, 4) is 0 Å². The zero-order valence-electron chi connectivity index (χ0n) is 18.3. The highest BCUT2D eigenvalue weighted by Gasteiger charge is 2.31. The average molecular weight is 536 g/mol. The lowest BCUT2D eigenvalue weighted by Gasteiger charge is -2.34. The molecule has 1 saturated heterocycles. The van der Waals surface area contributed by atoms with Gasteiger partial charge in [0, 0.05) is 27.9 Å². The van der Waals surface area contributed by atoms with E-state index in [2.05, 4.69) is 11.2 Å². The topological polar surface area (TPSA) is 40.6 Å². The van der Waals surface area contributed by atoms with Crippen molar-refractivity contribution in [2.24, 2.45) is 0 Å². The lowest BCUT2D eigenvalue weighted by Crippen LogP contribution is -2.40. The number of sulfonamides is 1. The van der Waals surface area contributed by atoms with Crippen LogP contribution < -0.4 is 4.31 Å². The van der Waals surface area contributed by atoms with Crippen molar-refractivity contribution in [1.82, 2.24) is 4.90 Å². The smallest absolute Gasteiger partial charge is 0.264 e. The van der Waals surface area contributed by atoms with Crippen LogP contribution in [-0.4, -0.2) is 50.5 Å². The second-order valence-corrected chi connectivity index (χ2v) is 12.4. The van der Waals surface area contributed by atoms with E-state index < -0.39 is 10.0 Å². The number of benzene rings is 2. The molecule has 32 heavy (non-hydrogen) atoms. The summed E-state index contributed by atoms with van der Waals surface area (Å²) >= 11 is 20.6. The second kappa shape index (κ2) is 11.7. The van der Waals surface area contributed by atoms with E-state index in [0.717, 1.165) is 26.1 Å². The molecule has 2 aromatic carbocycles. The van der Waals surface area contributed by atoms with Gasteiger partial charge in [-0.25, -0.2) is 8.42 Å². The minimum absolute atomic E-state index is 0.170. The number of nitrogens with zero attached hydrogens (tertiary/aromatic N) is 2. The van der Waals surface area contributed by atoms with E-state index in [1.54, 1.807) is 30.3 Å². The van der Waals surface area contributed by atoms with Crippen LogP contribution in [0, 0.1) is 0 Å². The van der Waals surface area contributed by atoms with Gasteiger partial charge in [-0.15, -0.1) is 0 Å². The van der Waals surface area contributed by atoms with Gasteiger partial charge in [0.15, 0.2) is 0 Å². The molecule has 0 aliphatic carbocycles. The Labute approximate surface area is 211 Å². The zero-order chi connectivity index (χ0) is 23.3. The van der Waals surface area contributed by atoms with Crippen LogP contribution in [0.4, 0.5) is 5.69 Å². The van der Waals surface area contributed by atoms with Crippen LogP contribution in [0.25, 0.3) is 0 Å². The summed E-state index contributed by atoms with van der Waals surface area (Å²) in [7, 11) is -3.86. The number of rotatable bonds is 9. The Morgan fingerprint density at radius 2 is 1.81 bits per heavy atom. The number of likely N-dealkylation sites (tertiary alicyclic amines) is 1. The summed E-state index contributed by atoms with van der Waals surface area (Å²) in [6.45, 7) is 5.09. The summed E-state index contributed by atoms with van der Waals surface area (Å²) in [4.78, 5) is 2.66. The van der Waals surface area contributed by atoms with E-state index in [9.17, 15) is 8.42 Å². The Hall–Kier alpha value is -0.630. The molecule has 0 radical (unpaired) electrons. The van der Waals surface area contributed by atoms with Gasteiger partial charge in [-0.05, 0) is 94.4 Å². The van der Waals surface area contributed by atoms with Crippen molar-refractivity contribution in [3.05, 3.63) is 57.5 Å². The quantitative estimate of drug-likeness (QED) is 0.352. The van der Waals surface area contributed by atoms with Crippen molar-refractivity contribution in [3.63, 3.8) is 0 Å². The molecule has 2 aromatic rings. The maximum Gasteiger partial charge on any atom is 0.264 e. The minimum Gasteiger partial charge on any atom is -0.302 e. The van der Waals surface area contributed by atoms with Gasteiger partial charge in [-0.2, -0.15) is 11.8 Å². The van der Waals surface area contributed by atoms with Gasteiger partial charge in [0.25, 0.3) is 10.0 Å². The number of anilines is 1. The average Bonchev–Trinajstić information content (AvgIpc) is 2.76. The highest BCUT2D eigenvalue weighted by Crippen LogP contribution is 2.35. The SMILES string of the molecule is CSC1CCCN(CCCC(C)N(c2cc(Cl)ccc2Cl)S(=O)(=O)c2ccc(Cl)cc2)C1. The largest absolute Gasteiger partial charge is 0.302 e. The molecule has 1 heterocycles. The molecule has 3 rings (SSSR count). The molecule has 0 bridgehead atoms. The summed E-state index contributed by atoms with van der Waals surface area (Å²) < 4.78 is 28.7. The molecule has 176 valence electrons. The van der Waals surface area contributed by atoms with Gasteiger partial charge in [-0.1, -0.05) is 34.8 Å². The second-order valence-electron chi connectivity index (χ2n) is 8.14. The Bertz CT molecular complexity index is 1000. The summed E-state index contributed by atoms with van der Waals surface area (Å²) in [6, 6.07) is 10.8. The first-order valence-electron chi connectivity index (χ1n) is 10.7. The molecule has 1 aliphatic heterocycles. The van der Waals surface area contributed by atoms with Crippen LogP contribution in [-0.2, 0) is 10.0 Å². The number of hydrogen-bond acceptors (Lipinski definition) is 4. The molecule has 2 unspecified atom stereocenters. The molecule has 1 aliphatic rings. The summed E-state index contributed by atoms with van der Waals surface area (Å²) in [5.41, 5.74) is 0.391. The van der Waals surface area contributed by atoms with Gasteiger partial charge in [0.05, 0.1) is 15.6 Å². The molecule has 4 nitrogen and oxygen atoms in total. The van der Waals surface area contributed by atoms with Crippen LogP contribution in [0.2, 0.25) is 15.1 Å². The molecule has 0 spiro atoms. The van der Waals surface area contributed by atoms with Crippen molar-refractivity contribution < 1.29 is 8.42 Å². The van der Waals surface area contributed by atoms with Gasteiger partial charge >= 0.3 is 0 Å². The number of piperidine rings is 1. The first kappa shape index (κ1) is 26.0. The Balaban J connectivity index is 1.82. The highest BCUT2D eigenvalue weighted by molar-refractivity contribution is 7.99. The number of hydrogen-bond donors (Lipinski definition) is 0. The number of halogens is 3. The van der Waals surface area contributed by atoms with Gasteiger partial charge in [0.1, 0.15) is 0 Å². The summed E-state index contributed by atoms with van der Waals surface area (Å²) in [6.07, 6.45) is 6.26. The van der Waals surface area contributed by atoms with Crippen molar-refractivity contribution in [2.45, 2.75) is 48.8 Å². The Kier molecular flexibility index (Phi) is 9.48. The molecular formula is C23H29Cl3N2O2S2. The standard InChI is InChI=1S/C23H29Cl3N2O2S2/c1-17(5-3-13-27-14-4-6-20(16-27)31-2)28(23-15-19(25)9-12-22(23)26)32(29,30)21-10-7-18(24)8-11-21/h7-12,15,17,20H,3-6,13-14,16H2,1-2H3. The fourth-order valence-corrected chi connectivity index (χ4v) is 7.12. The van der Waals surface area contributed by atoms with E-state index in [-0.39, 0.29) is 10.9 Å². The van der Waals surface area contributed by atoms with Gasteiger partial charge in [-0.3, -0.25) is 4.31 Å². The minimum atomic E-state index is -3.86. The van der Waals surface area contributed by atoms with Gasteiger partial charge < -0.3 is 4.90 Å². The van der Waals surface area contributed by atoms with E-state index >= 15 is 0 Å². The molecule has 0 amide bonds. The maximum atomic E-state index is 13.7. The fourth-order valence-electron chi connectivity index (χ4n) is 4.11. The lowest BCUT2D eigenvalue weighted by molar-refractivity contribution is 0.228. The van der Waals surface area contributed by atoms with Crippen LogP contribution in [0.5, 0.6) is 0 Å². The van der Waals surface area contributed by atoms with Crippen LogP contribution >= 0.6 is 46.6 Å². The van der Waals surface area contributed by atoms with E-state index in [0.29, 0.717) is 32.4 Å². The molecule has 0 N–H and O–H groups in total. The van der Waals surface area contributed by atoms with Crippen LogP contribution in [0.1, 0.15) is 32.6 Å². The van der Waals surface area contributed by atoms with E-state index in [1.807, 2.05) is 18.7 Å². The maximum absolute atomic E-state index is 13.7. The third-order valence-corrected chi connectivity index (χ3v) is 9.61. The predicted octanol–water partition coefficient (Wildman–Crippen LogP) is 6.84. The van der Waals surface area contributed by atoms with Crippen LogP contribution in [0.15, 0.2) is 47.4 Å². The Morgan fingerprint density at radius 3 is 2.50 bits per heavy atom. The fraction of sp³-hybridized carbons (Fsp3) is 0.478. The van der Waals surface area contributed by atoms with Crippen molar-refractivity contribution in [1.29, 1.82) is 0 Å². The highest BCUT2D eigenvalue weighted by atomic mass is 35.5. The molecule has 2 atom stereocenters. The molecular weight excluding hydrogens is 507 g/mol. The molecule has 9 heteroatoms. The van der Waals surface area contributed by atoms with Crippen molar-refractivity contribution >= 4 is 62.3 Å². The van der Waals surface area contributed by atoms with E-state index in [4.69, 9.17) is 34.8 Å². The van der Waals surface area contributed by atoms with Crippen molar-refractivity contribution in [2.75, 3.05) is 30.2 Å². The summed E-state index contributed by atoms with van der Waals surface area (Å²) in [5, 5.41) is 1.95. The monoisotopic (exact) mass is 534 g/mol. The zero-order valence-corrected chi connectivity index (χ0v) is 22.2. The third kappa shape index (κ3) is 6.49. The summed E-state index contributed by atoms with van der Waals surface area (Å²) in [5.74, 6) is 0. The van der Waals surface area contributed by atoms with Crippen LogP contribution in [0.3, 0.4) is 0 Å². The first-order chi connectivity index (χ1) is 15.2. The van der Waals surface area contributed by atoms with Gasteiger partial charge in [0.2, 0.25) is 0 Å². The molecule has 0 saturated carbocycles. The third-order valence-electron chi connectivity index (χ3n) is 5.81. The molecule has 1 fully saturated rings. The number of thioether (sulfide) groups is 1. The molecule has 0 aromatic heterocycles. The lowest BCUT2D eigenvalue weighted by atomic mass is 10.1. The van der Waals surface area contributed by atoms with E-state index in [1.165, 1.54) is 29.3 Å². The first-order valence-corrected chi connectivity index (χ1v) is 14.6. The predicted molar refractivity (Wildman–Crippen MR) is 139 cm³/mol. The normalized spacial score (nSPS) is 18.5. The Morgan fingerprint density at radius 1 is 1.12 bits per heavy atom.